The number of nitrogens with zero attached hydrogens (tertiary/aromatic N) is 1. The zero-order valence-corrected chi connectivity index (χ0v) is 12.0. The molecule has 1 N–H and O–H groups in total. The van der Waals surface area contributed by atoms with Gasteiger partial charge >= 0.3 is 0 Å². The molecule has 0 aromatic carbocycles. The number of hydrogen-bond acceptors (Lipinski definition) is 2. The van der Waals surface area contributed by atoms with Gasteiger partial charge in [0.1, 0.15) is 0 Å². The first-order valence-electron chi connectivity index (χ1n) is 6.80. The zero-order chi connectivity index (χ0) is 13.0. The fraction of sp³-hybridized carbons (Fsp3) is 0.929. The summed E-state index contributed by atoms with van der Waals surface area (Å²) in [7, 11) is 0. The third-order valence-corrected chi connectivity index (χ3v) is 5.56. The van der Waals surface area contributed by atoms with E-state index in [0.717, 1.165) is 13.0 Å². The smallest absolute Gasteiger partial charge is 0.240 e. The lowest BCUT2D eigenvalue weighted by atomic mass is 10.0. The molecule has 0 spiro atoms. The van der Waals surface area contributed by atoms with Crippen molar-refractivity contribution >= 4 is 5.91 Å². The number of nitrogens with one attached hydrogen (secondary N) is 1. The summed E-state index contributed by atoms with van der Waals surface area (Å²) in [5, 5.41) is 3.37. The van der Waals surface area contributed by atoms with Gasteiger partial charge in [0.2, 0.25) is 5.91 Å². The summed E-state index contributed by atoms with van der Waals surface area (Å²) in [6.45, 7) is 14.3. The Bertz CT molecular complexity index is 321. The molecule has 3 nitrogen and oxygen atoms in total. The summed E-state index contributed by atoms with van der Waals surface area (Å²) in [6, 6.07) is -0.00933. The fourth-order valence-corrected chi connectivity index (χ4v) is 3.39. The Labute approximate surface area is 105 Å². The maximum absolute atomic E-state index is 12.1. The van der Waals surface area contributed by atoms with Gasteiger partial charge in [-0.2, -0.15) is 0 Å². The van der Waals surface area contributed by atoms with E-state index in [4.69, 9.17) is 0 Å². The van der Waals surface area contributed by atoms with Crippen molar-refractivity contribution in [1.29, 1.82) is 0 Å². The molecule has 0 aromatic heterocycles. The molecule has 0 radical (unpaired) electrons. The highest BCUT2D eigenvalue weighted by atomic mass is 16.2. The monoisotopic (exact) mass is 238 g/mol. The Morgan fingerprint density at radius 1 is 1.24 bits per heavy atom. The molecule has 1 aliphatic carbocycles. The van der Waals surface area contributed by atoms with Gasteiger partial charge in [-0.1, -0.05) is 34.6 Å². The third kappa shape index (κ3) is 1.70. The lowest BCUT2D eigenvalue weighted by Gasteiger charge is -2.24. The molecule has 1 heterocycles. The quantitative estimate of drug-likeness (QED) is 0.817. The fourth-order valence-electron chi connectivity index (χ4n) is 3.39. The van der Waals surface area contributed by atoms with Crippen molar-refractivity contribution in [2.45, 2.75) is 60.2 Å². The lowest BCUT2D eigenvalue weighted by molar-refractivity contribution is -0.130. The maximum atomic E-state index is 12.1. The van der Waals surface area contributed by atoms with E-state index in [2.05, 4.69) is 44.8 Å². The van der Waals surface area contributed by atoms with Gasteiger partial charge in [0, 0.05) is 6.54 Å². The van der Waals surface area contributed by atoms with E-state index in [0.29, 0.717) is 16.7 Å². The number of rotatable bonds is 3. The number of carbonyl (C=O) groups excluding carboxylic acids is 1. The van der Waals surface area contributed by atoms with Gasteiger partial charge in [-0.15, -0.1) is 0 Å². The van der Waals surface area contributed by atoms with Crippen LogP contribution < -0.4 is 5.32 Å². The summed E-state index contributed by atoms with van der Waals surface area (Å²) in [6.07, 6.45) is 1.23. The molecular formula is C14H26N2O. The average Bonchev–Trinajstić information content (AvgIpc) is 2.51. The highest BCUT2D eigenvalue weighted by Crippen LogP contribution is 2.68. The van der Waals surface area contributed by atoms with E-state index >= 15 is 0 Å². The van der Waals surface area contributed by atoms with Crippen molar-refractivity contribution < 1.29 is 4.79 Å². The zero-order valence-electron chi connectivity index (χ0n) is 12.0. The Kier molecular flexibility index (Phi) is 2.81. The first kappa shape index (κ1) is 12.9. The van der Waals surface area contributed by atoms with Crippen LogP contribution in [-0.2, 0) is 4.79 Å². The van der Waals surface area contributed by atoms with Crippen LogP contribution in [0.15, 0.2) is 0 Å². The molecule has 1 saturated carbocycles. The minimum Gasteiger partial charge on any atom is -0.325 e. The molecule has 17 heavy (non-hydrogen) atoms. The van der Waals surface area contributed by atoms with E-state index < -0.39 is 0 Å². The SMILES string of the molecule is CCC1NC(C)C(=O)N1CC1C(C)(C)C1(C)C. The van der Waals surface area contributed by atoms with Crippen LogP contribution in [0.2, 0.25) is 0 Å². The number of hydrogen-bond donors (Lipinski definition) is 1. The highest BCUT2D eigenvalue weighted by molar-refractivity contribution is 5.84. The first-order chi connectivity index (χ1) is 7.73. The minimum absolute atomic E-state index is 0.00933. The van der Waals surface area contributed by atoms with E-state index in [9.17, 15) is 4.79 Å². The molecule has 1 saturated heterocycles. The summed E-state index contributed by atoms with van der Waals surface area (Å²) >= 11 is 0. The number of amides is 1. The van der Waals surface area contributed by atoms with Crippen molar-refractivity contribution in [1.82, 2.24) is 10.2 Å². The minimum atomic E-state index is -0.00933. The Balaban J connectivity index is 2.07. The molecule has 2 rings (SSSR count). The van der Waals surface area contributed by atoms with Crippen LogP contribution in [0.5, 0.6) is 0 Å². The molecule has 0 bridgehead atoms. The normalized spacial score (nSPS) is 35.4. The molecule has 2 atom stereocenters. The van der Waals surface area contributed by atoms with Crippen LogP contribution in [0.1, 0.15) is 48.0 Å². The van der Waals surface area contributed by atoms with E-state index in [1.807, 2.05) is 6.92 Å². The standard InChI is InChI=1S/C14H26N2O/c1-7-11-15-9(2)12(17)16(11)8-10-13(3,4)14(10,5)6/h9-11,15H,7-8H2,1-6H3. The van der Waals surface area contributed by atoms with Crippen molar-refractivity contribution in [3.63, 3.8) is 0 Å². The van der Waals surface area contributed by atoms with Gasteiger partial charge in [-0.3, -0.25) is 10.1 Å². The van der Waals surface area contributed by atoms with Gasteiger partial charge in [-0.05, 0) is 30.1 Å². The van der Waals surface area contributed by atoms with Crippen molar-refractivity contribution in [3.05, 3.63) is 0 Å². The van der Waals surface area contributed by atoms with Gasteiger partial charge in [0.15, 0.2) is 0 Å². The van der Waals surface area contributed by atoms with Crippen LogP contribution in [-0.4, -0.2) is 29.6 Å². The van der Waals surface area contributed by atoms with Crippen molar-refractivity contribution in [2.24, 2.45) is 16.7 Å². The van der Waals surface area contributed by atoms with Crippen LogP contribution in [0.3, 0.4) is 0 Å². The highest BCUT2D eigenvalue weighted by Gasteiger charge is 2.65. The van der Waals surface area contributed by atoms with Crippen LogP contribution in [0, 0.1) is 16.7 Å². The van der Waals surface area contributed by atoms with E-state index in [1.54, 1.807) is 0 Å². The van der Waals surface area contributed by atoms with Crippen LogP contribution >= 0.6 is 0 Å². The Hall–Kier alpha value is -0.570. The topological polar surface area (TPSA) is 32.3 Å². The van der Waals surface area contributed by atoms with Gasteiger partial charge in [0.05, 0.1) is 12.2 Å². The second-order valence-corrected chi connectivity index (χ2v) is 6.80. The molecule has 2 aliphatic rings. The summed E-state index contributed by atoms with van der Waals surface area (Å²) in [5.41, 5.74) is 0.717. The van der Waals surface area contributed by atoms with E-state index in [-0.39, 0.29) is 18.1 Å². The molecule has 2 fully saturated rings. The molecule has 98 valence electrons. The van der Waals surface area contributed by atoms with Crippen molar-refractivity contribution in [3.8, 4) is 0 Å². The largest absolute Gasteiger partial charge is 0.325 e. The predicted molar refractivity (Wildman–Crippen MR) is 69.4 cm³/mol. The van der Waals surface area contributed by atoms with Gasteiger partial charge in [-0.25, -0.2) is 0 Å². The average molecular weight is 238 g/mol. The van der Waals surface area contributed by atoms with Crippen LogP contribution in [0.4, 0.5) is 0 Å². The summed E-state index contributed by atoms with van der Waals surface area (Å²) in [5.74, 6) is 0.899. The first-order valence-corrected chi connectivity index (χ1v) is 6.80. The molecule has 2 unspecified atom stereocenters. The van der Waals surface area contributed by atoms with Gasteiger partial charge in [0.25, 0.3) is 0 Å². The molecule has 1 amide bonds. The molecule has 3 heteroatoms. The maximum Gasteiger partial charge on any atom is 0.240 e. The molecule has 1 aliphatic heterocycles. The second kappa shape index (κ2) is 3.71. The lowest BCUT2D eigenvalue weighted by Crippen LogP contribution is -2.38. The Morgan fingerprint density at radius 2 is 1.76 bits per heavy atom. The molecule has 0 aromatic rings. The summed E-state index contributed by atoms with van der Waals surface area (Å²) < 4.78 is 0. The third-order valence-electron chi connectivity index (χ3n) is 5.56. The number of carbonyl (C=O) groups is 1. The van der Waals surface area contributed by atoms with Gasteiger partial charge < -0.3 is 4.90 Å². The van der Waals surface area contributed by atoms with Crippen LogP contribution in [0.25, 0.3) is 0 Å². The molecular weight excluding hydrogens is 212 g/mol. The van der Waals surface area contributed by atoms with Crippen molar-refractivity contribution in [2.75, 3.05) is 6.54 Å². The Morgan fingerprint density at radius 3 is 2.18 bits per heavy atom. The predicted octanol–water partition coefficient (Wildman–Crippen LogP) is 2.22. The summed E-state index contributed by atoms with van der Waals surface area (Å²) in [4.78, 5) is 14.2. The second-order valence-electron chi connectivity index (χ2n) is 6.80. The van der Waals surface area contributed by atoms with E-state index in [1.165, 1.54) is 0 Å².